The van der Waals surface area contributed by atoms with Crippen LogP contribution in [0.5, 0.6) is 0 Å². The average molecular weight is 818 g/mol. The fourth-order valence-electron chi connectivity index (χ4n) is 8.09. The van der Waals surface area contributed by atoms with Crippen LogP contribution in [0.2, 0.25) is 0 Å². The van der Waals surface area contributed by atoms with Gasteiger partial charge >= 0.3 is 0 Å². The molecule has 0 aliphatic rings. The zero-order valence-electron chi connectivity index (χ0n) is 36.8. The highest BCUT2D eigenvalue weighted by molar-refractivity contribution is 6.18. The van der Waals surface area contributed by atoms with Crippen LogP contribution < -0.4 is 0 Å². The SMILES string of the molecule is CC(C)(C)c1ccc2c(c1)c1cc(C(C)(C)C)ccc1n2-c1ccc(-c2cc(-c3ccccc3)nc(-c3ccccc3)n2)cc1/C=C/C(=NC(=N)c1ccccc1)c1ccccc1. The first kappa shape index (κ1) is 40.9. The molecule has 63 heavy (non-hydrogen) atoms. The smallest absolute Gasteiger partial charge is 0.160 e. The van der Waals surface area contributed by atoms with Crippen LogP contribution in [0.1, 0.15) is 69.4 Å². The fraction of sp³-hybridized carbons (Fsp3) is 0.138. The van der Waals surface area contributed by atoms with E-state index in [1.54, 1.807) is 0 Å². The van der Waals surface area contributed by atoms with Gasteiger partial charge in [-0.15, -0.1) is 0 Å². The Morgan fingerprint density at radius 1 is 0.508 bits per heavy atom. The van der Waals surface area contributed by atoms with E-state index in [-0.39, 0.29) is 16.7 Å². The van der Waals surface area contributed by atoms with E-state index >= 15 is 0 Å². The Hall–Kier alpha value is -7.50. The van der Waals surface area contributed by atoms with Gasteiger partial charge in [0.25, 0.3) is 0 Å². The number of fused-ring (bicyclic) bond motifs is 3. The first-order valence-corrected chi connectivity index (χ1v) is 21.6. The van der Waals surface area contributed by atoms with Crippen molar-refractivity contribution in [2.75, 3.05) is 0 Å². The van der Waals surface area contributed by atoms with Crippen molar-refractivity contribution in [2.45, 2.75) is 52.4 Å². The van der Waals surface area contributed by atoms with Crippen LogP contribution in [0.3, 0.4) is 0 Å². The molecular formula is C58H51N5. The molecule has 0 aliphatic carbocycles. The summed E-state index contributed by atoms with van der Waals surface area (Å²) in [5.41, 5.74) is 13.8. The molecule has 0 aliphatic heterocycles. The van der Waals surface area contributed by atoms with Gasteiger partial charge in [-0.2, -0.15) is 0 Å². The lowest BCUT2D eigenvalue weighted by atomic mass is 9.85. The molecule has 0 saturated carbocycles. The summed E-state index contributed by atoms with van der Waals surface area (Å²) < 4.78 is 2.41. The number of allylic oxidation sites excluding steroid dienone is 1. The lowest BCUT2D eigenvalue weighted by Crippen LogP contribution is -2.10. The summed E-state index contributed by atoms with van der Waals surface area (Å²) in [7, 11) is 0. The van der Waals surface area contributed by atoms with Crippen LogP contribution in [0.4, 0.5) is 0 Å². The van der Waals surface area contributed by atoms with Crippen molar-refractivity contribution in [3.05, 3.63) is 216 Å². The van der Waals surface area contributed by atoms with Crippen molar-refractivity contribution < 1.29 is 0 Å². The minimum Gasteiger partial charge on any atom is -0.309 e. The molecule has 5 heteroatoms. The maximum atomic E-state index is 9.04. The van der Waals surface area contributed by atoms with E-state index in [1.165, 1.54) is 21.9 Å². The highest BCUT2D eigenvalue weighted by atomic mass is 15.0. The Morgan fingerprint density at radius 3 is 1.54 bits per heavy atom. The fourth-order valence-corrected chi connectivity index (χ4v) is 8.09. The van der Waals surface area contributed by atoms with Gasteiger partial charge in [-0.1, -0.05) is 187 Å². The third kappa shape index (κ3) is 8.56. The van der Waals surface area contributed by atoms with Crippen LogP contribution in [0.15, 0.2) is 193 Å². The topological polar surface area (TPSA) is 66.9 Å². The van der Waals surface area contributed by atoms with E-state index < -0.39 is 0 Å². The normalized spacial score (nSPS) is 12.4. The molecule has 1 N–H and O–H groups in total. The predicted octanol–water partition coefficient (Wildman–Crippen LogP) is 14.7. The molecule has 2 heterocycles. The van der Waals surface area contributed by atoms with Gasteiger partial charge in [0.15, 0.2) is 11.7 Å². The number of rotatable bonds is 8. The lowest BCUT2D eigenvalue weighted by molar-refractivity contribution is 0.590. The van der Waals surface area contributed by atoms with Gasteiger partial charge in [-0.05, 0) is 76.1 Å². The summed E-state index contributed by atoms with van der Waals surface area (Å²) >= 11 is 0. The largest absolute Gasteiger partial charge is 0.309 e. The second-order valence-electron chi connectivity index (χ2n) is 18.2. The molecule has 9 rings (SSSR count). The number of hydrogen-bond acceptors (Lipinski definition) is 3. The van der Waals surface area contributed by atoms with Crippen molar-refractivity contribution >= 4 is 39.4 Å². The van der Waals surface area contributed by atoms with E-state index in [1.807, 2.05) is 103 Å². The van der Waals surface area contributed by atoms with Gasteiger partial charge in [-0.25, -0.2) is 15.0 Å². The number of hydrogen-bond donors (Lipinski definition) is 1. The number of amidine groups is 1. The third-order valence-electron chi connectivity index (χ3n) is 11.7. The molecule has 0 bridgehead atoms. The Morgan fingerprint density at radius 2 is 1.00 bits per heavy atom. The summed E-state index contributed by atoms with van der Waals surface area (Å²) in [6.07, 6.45) is 4.19. The summed E-state index contributed by atoms with van der Waals surface area (Å²) in [6, 6.07) is 62.9. The second-order valence-corrected chi connectivity index (χ2v) is 18.2. The summed E-state index contributed by atoms with van der Waals surface area (Å²) in [4.78, 5) is 15.2. The zero-order valence-corrected chi connectivity index (χ0v) is 36.8. The van der Waals surface area contributed by atoms with Crippen molar-refractivity contribution in [1.29, 1.82) is 5.41 Å². The molecule has 0 fully saturated rings. The van der Waals surface area contributed by atoms with Gasteiger partial charge in [0, 0.05) is 38.6 Å². The van der Waals surface area contributed by atoms with Crippen LogP contribution in [0, 0.1) is 5.41 Å². The monoisotopic (exact) mass is 817 g/mol. The molecular weight excluding hydrogens is 767 g/mol. The lowest BCUT2D eigenvalue weighted by Gasteiger charge is -2.19. The number of nitrogens with zero attached hydrogens (tertiary/aromatic N) is 4. The highest BCUT2D eigenvalue weighted by Gasteiger charge is 2.22. The van der Waals surface area contributed by atoms with Crippen molar-refractivity contribution in [3.63, 3.8) is 0 Å². The number of benzene rings is 7. The number of aliphatic imine (C=N–C) groups is 1. The van der Waals surface area contributed by atoms with Gasteiger partial charge in [0.05, 0.1) is 33.8 Å². The minimum absolute atomic E-state index is 0.0187. The average Bonchev–Trinajstić information content (AvgIpc) is 3.63. The Kier molecular flexibility index (Phi) is 10.9. The molecule has 5 nitrogen and oxygen atoms in total. The van der Waals surface area contributed by atoms with E-state index in [0.29, 0.717) is 11.5 Å². The first-order valence-electron chi connectivity index (χ1n) is 21.6. The third-order valence-corrected chi connectivity index (χ3v) is 11.7. The minimum atomic E-state index is -0.0187. The zero-order chi connectivity index (χ0) is 43.7. The predicted molar refractivity (Wildman–Crippen MR) is 265 cm³/mol. The molecule has 0 radical (unpaired) electrons. The van der Waals surface area contributed by atoms with Crippen molar-refractivity contribution in [2.24, 2.45) is 4.99 Å². The maximum Gasteiger partial charge on any atom is 0.160 e. The van der Waals surface area contributed by atoms with Crippen LogP contribution >= 0.6 is 0 Å². The Bertz CT molecular complexity index is 3040. The van der Waals surface area contributed by atoms with Crippen molar-refractivity contribution in [1.82, 2.24) is 14.5 Å². The highest BCUT2D eigenvalue weighted by Crippen LogP contribution is 2.39. The molecule has 0 spiro atoms. The summed E-state index contributed by atoms with van der Waals surface area (Å²) in [5, 5.41) is 11.5. The molecule has 7 aromatic carbocycles. The Balaban J connectivity index is 1.30. The van der Waals surface area contributed by atoms with Crippen LogP contribution in [-0.4, -0.2) is 26.1 Å². The number of aromatic nitrogens is 3. The molecule has 0 unspecified atom stereocenters. The van der Waals surface area contributed by atoms with E-state index in [9.17, 15) is 0 Å². The quantitative estimate of drug-likeness (QED) is 0.123. The molecule has 0 atom stereocenters. The molecule has 308 valence electrons. The second kappa shape index (κ2) is 16.8. The van der Waals surface area contributed by atoms with E-state index in [2.05, 4.69) is 137 Å². The number of nitrogens with one attached hydrogen (secondary N) is 1. The Labute approximate surface area is 370 Å². The maximum absolute atomic E-state index is 9.04. The molecule has 0 saturated heterocycles. The van der Waals surface area contributed by atoms with Gasteiger partial charge in [0.2, 0.25) is 0 Å². The molecule has 9 aromatic rings. The van der Waals surface area contributed by atoms with Crippen molar-refractivity contribution in [3.8, 4) is 39.6 Å². The van der Waals surface area contributed by atoms with Crippen LogP contribution in [-0.2, 0) is 10.8 Å². The summed E-state index contributed by atoms with van der Waals surface area (Å²) in [6.45, 7) is 13.7. The van der Waals surface area contributed by atoms with Gasteiger partial charge in [0.1, 0.15) is 0 Å². The standard InChI is InChI=1S/C58H51N5/c1-57(2,3)45-29-33-53-47(36-45)48-37-46(58(4,5)6)30-34-54(48)63(53)52-32-28-43(51-38-50(40-21-13-8-14-22-40)61-56(62-51)42-25-17-10-18-26-42)35-44(52)27-31-49(39-19-11-7-12-20-39)60-55(59)41-23-15-9-16-24-41/h7-38,59H,1-6H3/b31-27+,59-55?,60-49?. The van der Waals surface area contributed by atoms with Gasteiger partial charge < -0.3 is 4.57 Å². The van der Waals surface area contributed by atoms with E-state index in [0.717, 1.165) is 61.5 Å². The molecule has 2 aromatic heterocycles. The van der Waals surface area contributed by atoms with Crippen LogP contribution in [0.25, 0.3) is 67.5 Å². The molecule has 0 amide bonds. The summed E-state index contributed by atoms with van der Waals surface area (Å²) in [5.74, 6) is 0.861. The van der Waals surface area contributed by atoms with E-state index in [4.69, 9.17) is 20.4 Å². The van der Waals surface area contributed by atoms with Gasteiger partial charge in [-0.3, -0.25) is 5.41 Å². The first-order chi connectivity index (χ1) is 30.4.